The highest BCUT2D eigenvalue weighted by molar-refractivity contribution is 5.45. The van der Waals surface area contributed by atoms with Crippen LogP contribution in [0.2, 0.25) is 0 Å². The topological polar surface area (TPSA) is 24.9 Å². The normalized spacial score (nSPS) is 10.1. The fourth-order valence-electron chi connectivity index (χ4n) is 1.56. The number of hydrogen-bond donors (Lipinski definition) is 1. The van der Waals surface area contributed by atoms with Gasteiger partial charge in [-0.05, 0) is 43.2 Å². The standard InChI is InChI=1S/C14H16N2/c1-11-4-3-5-14(8-11)16-10-13-7-6-12(2)15-9-13/h3-9,16H,10H2,1-2H3. The Bertz CT molecular complexity index is 460. The quantitative estimate of drug-likeness (QED) is 0.844. The number of aryl methyl sites for hydroxylation is 2. The molecule has 0 aliphatic heterocycles. The number of aromatic nitrogens is 1. The molecule has 0 atom stereocenters. The molecule has 1 heterocycles. The summed E-state index contributed by atoms with van der Waals surface area (Å²) in [5, 5.41) is 3.38. The van der Waals surface area contributed by atoms with Crippen molar-refractivity contribution >= 4 is 5.69 Å². The third-order valence-electron chi connectivity index (χ3n) is 2.49. The maximum absolute atomic E-state index is 4.27. The largest absolute Gasteiger partial charge is 0.381 e. The summed E-state index contributed by atoms with van der Waals surface area (Å²) in [5.74, 6) is 0. The van der Waals surface area contributed by atoms with Crippen LogP contribution in [-0.4, -0.2) is 4.98 Å². The van der Waals surface area contributed by atoms with Gasteiger partial charge in [-0.2, -0.15) is 0 Å². The smallest absolute Gasteiger partial charge is 0.0416 e. The van der Waals surface area contributed by atoms with Gasteiger partial charge < -0.3 is 5.32 Å². The molecule has 82 valence electrons. The molecule has 0 spiro atoms. The fraction of sp³-hybridized carbons (Fsp3) is 0.214. The van der Waals surface area contributed by atoms with E-state index >= 15 is 0 Å². The van der Waals surface area contributed by atoms with E-state index < -0.39 is 0 Å². The number of nitrogens with one attached hydrogen (secondary N) is 1. The van der Waals surface area contributed by atoms with Crippen LogP contribution >= 0.6 is 0 Å². The van der Waals surface area contributed by atoms with Crippen molar-refractivity contribution in [2.45, 2.75) is 20.4 Å². The van der Waals surface area contributed by atoms with Crippen molar-refractivity contribution in [2.24, 2.45) is 0 Å². The van der Waals surface area contributed by atoms with Crippen molar-refractivity contribution < 1.29 is 0 Å². The molecular weight excluding hydrogens is 196 g/mol. The second-order valence-corrected chi connectivity index (χ2v) is 4.03. The molecule has 2 heteroatoms. The molecule has 1 aromatic heterocycles. The van der Waals surface area contributed by atoms with Crippen LogP contribution < -0.4 is 5.32 Å². The first-order chi connectivity index (χ1) is 7.74. The summed E-state index contributed by atoms with van der Waals surface area (Å²) >= 11 is 0. The summed E-state index contributed by atoms with van der Waals surface area (Å²) in [5.41, 5.74) is 4.68. The molecule has 0 fully saturated rings. The Hall–Kier alpha value is -1.83. The Morgan fingerprint density at radius 3 is 2.69 bits per heavy atom. The van der Waals surface area contributed by atoms with E-state index in [1.807, 2.05) is 19.2 Å². The second kappa shape index (κ2) is 4.79. The number of benzene rings is 1. The Morgan fingerprint density at radius 1 is 1.12 bits per heavy atom. The summed E-state index contributed by atoms with van der Waals surface area (Å²) in [6.07, 6.45) is 1.91. The zero-order valence-corrected chi connectivity index (χ0v) is 9.70. The van der Waals surface area contributed by atoms with Gasteiger partial charge in [-0.15, -0.1) is 0 Å². The lowest BCUT2D eigenvalue weighted by atomic mass is 10.2. The van der Waals surface area contributed by atoms with Crippen LogP contribution in [0.3, 0.4) is 0 Å². The molecule has 16 heavy (non-hydrogen) atoms. The molecule has 0 amide bonds. The van der Waals surface area contributed by atoms with E-state index in [1.54, 1.807) is 0 Å². The van der Waals surface area contributed by atoms with Crippen LogP contribution in [-0.2, 0) is 6.54 Å². The minimum Gasteiger partial charge on any atom is -0.381 e. The van der Waals surface area contributed by atoms with Crippen LogP contribution in [0.4, 0.5) is 5.69 Å². The number of rotatable bonds is 3. The average Bonchev–Trinajstić information content (AvgIpc) is 2.28. The minimum absolute atomic E-state index is 0.816. The van der Waals surface area contributed by atoms with Gasteiger partial charge in [0.25, 0.3) is 0 Å². The van der Waals surface area contributed by atoms with Crippen LogP contribution in [0.5, 0.6) is 0 Å². The lowest BCUT2D eigenvalue weighted by Crippen LogP contribution is -2.00. The van der Waals surface area contributed by atoms with E-state index in [9.17, 15) is 0 Å². The Morgan fingerprint density at radius 2 is 2.00 bits per heavy atom. The molecule has 0 unspecified atom stereocenters. The van der Waals surface area contributed by atoms with Crippen molar-refractivity contribution in [3.63, 3.8) is 0 Å². The van der Waals surface area contributed by atoms with E-state index in [1.165, 1.54) is 11.1 Å². The molecular formula is C14H16N2. The van der Waals surface area contributed by atoms with E-state index in [2.05, 4.69) is 47.6 Å². The molecule has 2 aromatic rings. The van der Waals surface area contributed by atoms with Gasteiger partial charge in [0.15, 0.2) is 0 Å². The average molecular weight is 212 g/mol. The zero-order chi connectivity index (χ0) is 11.4. The Kier molecular flexibility index (Phi) is 3.20. The molecule has 0 saturated carbocycles. The van der Waals surface area contributed by atoms with Crippen molar-refractivity contribution in [2.75, 3.05) is 5.32 Å². The molecule has 0 bridgehead atoms. The van der Waals surface area contributed by atoms with Crippen LogP contribution in [0.1, 0.15) is 16.8 Å². The first kappa shape index (κ1) is 10.7. The molecule has 2 nitrogen and oxygen atoms in total. The molecule has 0 saturated heterocycles. The van der Waals surface area contributed by atoms with Gasteiger partial charge in [0.05, 0.1) is 0 Å². The fourth-order valence-corrected chi connectivity index (χ4v) is 1.56. The highest BCUT2D eigenvalue weighted by Gasteiger charge is 1.94. The monoisotopic (exact) mass is 212 g/mol. The number of anilines is 1. The van der Waals surface area contributed by atoms with Gasteiger partial charge in [0.1, 0.15) is 0 Å². The highest BCUT2D eigenvalue weighted by atomic mass is 14.9. The van der Waals surface area contributed by atoms with E-state index in [0.717, 1.165) is 17.9 Å². The lowest BCUT2D eigenvalue weighted by Gasteiger charge is -2.07. The van der Waals surface area contributed by atoms with Gasteiger partial charge in [-0.3, -0.25) is 4.98 Å². The van der Waals surface area contributed by atoms with Crippen molar-refractivity contribution in [3.05, 3.63) is 59.4 Å². The van der Waals surface area contributed by atoms with Crippen molar-refractivity contribution in [3.8, 4) is 0 Å². The van der Waals surface area contributed by atoms with Gasteiger partial charge in [-0.1, -0.05) is 18.2 Å². The summed E-state index contributed by atoms with van der Waals surface area (Å²) in [4.78, 5) is 4.27. The van der Waals surface area contributed by atoms with E-state index in [4.69, 9.17) is 0 Å². The second-order valence-electron chi connectivity index (χ2n) is 4.03. The van der Waals surface area contributed by atoms with Gasteiger partial charge in [0.2, 0.25) is 0 Å². The van der Waals surface area contributed by atoms with Crippen molar-refractivity contribution in [1.29, 1.82) is 0 Å². The van der Waals surface area contributed by atoms with Gasteiger partial charge >= 0.3 is 0 Å². The third kappa shape index (κ3) is 2.83. The molecule has 1 N–H and O–H groups in total. The predicted octanol–water partition coefficient (Wildman–Crippen LogP) is 3.31. The SMILES string of the molecule is Cc1cccc(NCc2ccc(C)nc2)c1. The Labute approximate surface area is 96.4 Å². The van der Waals surface area contributed by atoms with E-state index in [-0.39, 0.29) is 0 Å². The zero-order valence-electron chi connectivity index (χ0n) is 9.70. The maximum atomic E-state index is 4.27. The molecule has 0 aliphatic carbocycles. The highest BCUT2D eigenvalue weighted by Crippen LogP contribution is 2.11. The predicted molar refractivity (Wildman–Crippen MR) is 67.5 cm³/mol. The van der Waals surface area contributed by atoms with Gasteiger partial charge in [0, 0.05) is 24.1 Å². The summed E-state index contributed by atoms with van der Waals surface area (Å²) in [7, 11) is 0. The molecule has 0 aliphatic rings. The third-order valence-corrected chi connectivity index (χ3v) is 2.49. The Balaban J connectivity index is 1.99. The van der Waals surface area contributed by atoms with Crippen LogP contribution in [0.15, 0.2) is 42.6 Å². The first-order valence-corrected chi connectivity index (χ1v) is 5.46. The maximum Gasteiger partial charge on any atom is 0.0416 e. The first-order valence-electron chi connectivity index (χ1n) is 5.46. The summed E-state index contributed by atoms with van der Waals surface area (Å²) in [6.45, 7) is 4.91. The van der Waals surface area contributed by atoms with Crippen LogP contribution in [0.25, 0.3) is 0 Å². The molecule has 2 rings (SSSR count). The minimum atomic E-state index is 0.816. The lowest BCUT2D eigenvalue weighted by molar-refractivity contribution is 1.08. The molecule has 0 radical (unpaired) electrons. The van der Waals surface area contributed by atoms with Gasteiger partial charge in [-0.25, -0.2) is 0 Å². The molecule has 1 aromatic carbocycles. The number of pyridine rings is 1. The summed E-state index contributed by atoms with van der Waals surface area (Å²) < 4.78 is 0. The number of nitrogens with zero attached hydrogens (tertiary/aromatic N) is 1. The number of hydrogen-bond acceptors (Lipinski definition) is 2. The van der Waals surface area contributed by atoms with E-state index in [0.29, 0.717) is 0 Å². The van der Waals surface area contributed by atoms with Crippen molar-refractivity contribution in [1.82, 2.24) is 4.98 Å². The summed E-state index contributed by atoms with van der Waals surface area (Å²) in [6, 6.07) is 12.5. The van der Waals surface area contributed by atoms with Crippen LogP contribution in [0, 0.1) is 13.8 Å².